The number of hydrogen-bond acceptors (Lipinski definition) is 6. The Balaban J connectivity index is 1.83. The zero-order chi connectivity index (χ0) is 15.0. The largest absolute Gasteiger partial charge is 0.463 e. The van der Waals surface area contributed by atoms with E-state index in [-0.39, 0.29) is 6.54 Å². The Morgan fingerprint density at radius 1 is 1.38 bits per heavy atom. The van der Waals surface area contributed by atoms with Gasteiger partial charge in [-0.05, 0) is 26.0 Å². The van der Waals surface area contributed by atoms with Crippen LogP contribution in [0.15, 0.2) is 29.1 Å². The zero-order valence-electron chi connectivity index (χ0n) is 12.2. The van der Waals surface area contributed by atoms with Gasteiger partial charge in [0.1, 0.15) is 29.3 Å². The Morgan fingerprint density at radius 2 is 2.19 bits per heavy atom. The average Bonchev–Trinajstić information content (AvgIpc) is 3.04. The molecule has 7 heteroatoms. The van der Waals surface area contributed by atoms with Crippen LogP contribution in [0.5, 0.6) is 0 Å². The molecule has 3 rings (SSSR count). The first-order valence-corrected chi connectivity index (χ1v) is 6.63. The second-order valence-corrected chi connectivity index (χ2v) is 5.27. The van der Waals surface area contributed by atoms with Gasteiger partial charge in [0, 0.05) is 7.05 Å². The van der Waals surface area contributed by atoms with E-state index >= 15 is 0 Å². The molecule has 0 spiro atoms. The predicted octanol–water partition coefficient (Wildman–Crippen LogP) is 1.58. The van der Waals surface area contributed by atoms with Gasteiger partial charge < -0.3 is 14.8 Å². The normalized spacial score (nSPS) is 14.3. The lowest BCUT2D eigenvalue weighted by Crippen LogP contribution is -2.30. The fraction of sp³-hybridized carbons (Fsp3) is 0.357. The highest BCUT2D eigenvalue weighted by molar-refractivity contribution is 5.85. The summed E-state index contributed by atoms with van der Waals surface area (Å²) >= 11 is 0. The average molecular weight is 287 g/mol. The van der Waals surface area contributed by atoms with Crippen LogP contribution in [0.2, 0.25) is 0 Å². The number of hydrogen-bond donors (Lipinski definition) is 2. The van der Waals surface area contributed by atoms with Crippen molar-refractivity contribution in [3.05, 3.63) is 36.2 Å². The van der Waals surface area contributed by atoms with Gasteiger partial charge in [0.2, 0.25) is 0 Å². The van der Waals surface area contributed by atoms with Gasteiger partial charge in [-0.1, -0.05) is 0 Å². The van der Waals surface area contributed by atoms with Crippen molar-refractivity contribution in [2.75, 3.05) is 11.9 Å². The van der Waals surface area contributed by atoms with Gasteiger partial charge in [0.15, 0.2) is 5.65 Å². The number of aryl methyl sites for hydroxylation is 2. The third-order valence-electron chi connectivity index (χ3n) is 3.40. The monoisotopic (exact) mass is 287 g/mol. The quantitative estimate of drug-likeness (QED) is 0.757. The Hall–Kier alpha value is -2.41. The van der Waals surface area contributed by atoms with Gasteiger partial charge in [-0.25, -0.2) is 9.97 Å². The fourth-order valence-electron chi connectivity index (χ4n) is 2.17. The molecule has 0 amide bonds. The number of nitrogens with zero attached hydrogens (tertiary/aromatic N) is 4. The molecule has 0 saturated heterocycles. The maximum absolute atomic E-state index is 10.5. The number of aliphatic hydroxyl groups is 1. The third-order valence-corrected chi connectivity index (χ3v) is 3.40. The van der Waals surface area contributed by atoms with E-state index in [4.69, 9.17) is 4.42 Å². The fourth-order valence-corrected chi connectivity index (χ4v) is 2.17. The molecule has 0 bridgehead atoms. The molecular weight excluding hydrogens is 270 g/mol. The molecule has 1 atom stereocenters. The lowest BCUT2D eigenvalue weighted by atomic mass is 10.0. The first-order chi connectivity index (χ1) is 9.97. The molecule has 0 fully saturated rings. The van der Waals surface area contributed by atoms with Gasteiger partial charge >= 0.3 is 0 Å². The Bertz CT molecular complexity index is 775. The van der Waals surface area contributed by atoms with Crippen molar-refractivity contribution in [3.8, 4) is 0 Å². The highest BCUT2D eigenvalue weighted by atomic mass is 16.4. The van der Waals surface area contributed by atoms with Gasteiger partial charge in [-0.3, -0.25) is 4.68 Å². The first kappa shape index (κ1) is 13.6. The van der Waals surface area contributed by atoms with Crippen molar-refractivity contribution in [2.24, 2.45) is 7.05 Å². The van der Waals surface area contributed by atoms with Crippen LogP contribution >= 0.6 is 0 Å². The van der Waals surface area contributed by atoms with Crippen LogP contribution in [0.4, 0.5) is 5.82 Å². The lowest BCUT2D eigenvalue weighted by molar-refractivity contribution is 0.0467. The van der Waals surface area contributed by atoms with Crippen LogP contribution in [-0.2, 0) is 12.6 Å². The van der Waals surface area contributed by atoms with Gasteiger partial charge in [-0.15, -0.1) is 0 Å². The number of fused-ring (bicyclic) bond motifs is 1. The summed E-state index contributed by atoms with van der Waals surface area (Å²) in [4.78, 5) is 8.38. The minimum absolute atomic E-state index is 0.265. The molecule has 21 heavy (non-hydrogen) atoms. The van der Waals surface area contributed by atoms with E-state index in [1.165, 1.54) is 6.33 Å². The second kappa shape index (κ2) is 4.85. The van der Waals surface area contributed by atoms with E-state index in [1.54, 1.807) is 23.9 Å². The standard InChI is InChI=1S/C14H17N5O2/c1-9-4-5-11(21-9)14(2,20)7-15-12-10-6-18-19(3)13(10)17-8-16-12/h4-6,8,20H,7H2,1-3H3,(H,15,16,17). The molecule has 3 heterocycles. The number of anilines is 1. The van der Waals surface area contributed by atoms with Crippen LogP contribution in [-0.4, -0.2) is 31.4 Å². The summed E-state index contributed by atoms with van der Waals surface area (Å²) in [6.07, 6.45) is 3.17. The highest BCUT2D eigenvalue weighted by Gasteiger charge is 2.27. The number of furan rings is 1. The lowest BCUT2D eigenvalue weighted by Gasteiger charge is -2.21. The van der Waals surface area contributed by atoms with E-state index in [2.05, 4.69) is 20.4 Å². The van der Waals surface area contributed by atoms with Crippen LogP contribution < -0.4 is 5.32 Å². The molecule has 3 aromatic rings. The van der Waals surface area contributed by atoms with Crippen molar-refractivity contribution in [1.29, 1.82) is 0 Å². The minimum atomic E-state index is -1.13. The van der Waals surface area contributed by atoms with Crippen LogP contribution in [0.25, 0.3) is 11.0 Å². The molecule has 0 aromatic carbocycles. The van der Waals surface area contributed by atoms with Gasteiger partial charge in [0.05, 0.1) is 18.1 Å². The Morgan fingerprint density at radius 3 is 2.90 bits per heavy atom. The molecule has 0 radical (unpaired) electrons. The summed E-state index contributed by atoms with van der Waals surface area (Å²) in [7, 11) is 1.82. The first-order valence-electron chi connectivity index (χ1n) is 6.63. The van der Waals surface area contributed by atoms with E-state index in [0.29, 0.717) is 11.6 Å². The predicted molar refractivity (Wildman–Crippen MR) is 77.8 cm³/mol. The molecule has 0 aliphatic rings. The van der Waals surface area contributed by atoms with Crippen molar-refractivity contribution >= 4 is 16.9 Å². The Kier molecular flexibility index (Phi) is 3.13. The summed E-state index contributed by atoms with van der Waals surface area (Å²) in [6.45, 7) is 3.80. The molecule has 0 aliphatic carbocycles. The molecular formula is C14H17N5O2. The van der Waals surface area contributed by atoms with Gasteiger partial charge in [0.25, 0.3) is 0 Å². The SMILES string of the molecule is Cc1ccc(C(C)(O)CNc2ncnc3c2cnn3C)o1. The smallest absolute Gasteiger partial charge is 0.163 e. The van der Waals surface area contributed by atoms with Crippen LogP contribution in [0.1, 0.15) is 18.4 Å². The van der Waals surface area contributed by atoms with Gasteiger partial charge in [-0.2, -0.15) is 5.10 Å². The molecule has 110 valence electrons. The second-order valence-electron chi connectivity index (χ2n) is 5.27. The Labute approximate surface area is 121 Å². The summed E-state index contributed by atoms with van der Waals surface area (Å²) in [5, 5.41) is 18.6. The highest BCUT2D eigenvalue weighted by Crippen LogP contribution is 2.24. The van der Waals surface area contributed by atoms with Crippen molar-refractivity contribution in [3.63, 3.8) is 0 Å². The maximum Gasteiger partial charge on any atom is 0.163 e. The number of aromatic nitrogens is 4. The van der Waals surface area contributed by atoms with Crippen molar-refractivity contribution in [2.45, 2.75) is 19.4 Å². The topological polar surface area (TPSA) is 89.0 Å². The maximum atomic E-state index is 10.5. The third kappa shape index (κ3) is 2.47. The summed E-state index contributed by atoms with van der Waals surface area (Å²) in [5.74, 6) is 1.92. The minimum Gasteiger partial charge on any atom is -0.463 e. The summed E-state index contributed by atoms with van der Waals surface area (Å²) in [5.41, 5.74) is -0.394. The van der Waals surface area contributed by atoms with E-state index in [1.807, 2.05) is 20.0 Å². The van der Waals surface area contributed by atoms with Crippen LogP contribution in [0.3, 0.4) is 0 Å². The summed E-state index contributed by atoms with van der Waals surface area (Å²) in [6, 6.07) is 3.60. The zero-order valence-corrected chi connectivity index (χ0v) is 12.2. The number of nitrogens with one attached hydrogen (secondary N) is 1. The molecule has 0 saturated carbocycles. The van der Waals surface area contributed by atoms with E-state index in [9.17, 15) is 5.11 Å². The number of rotatable bonds is 4. The molecule has 0 aliphatic heterocycles. The summed E-state index contributed by atoms with van der Waals surface area (Å²) < 4.78 is 7.17. The van der Waals surface area contributed by atoms with Crippen LogP contribution in [0, 0.1) is 6.92 Å². The van der Waals surface area contributed by atoms with E-state index < -0.39 is 5.60 Å². The molecule has 1 unspecified atom stereocenters. The van der Waals surface area contributed by atoms with E-state index in [0.717, 1.165) is 16.8 Å². The van der Waals surface area contributed by atoms with Crippen molar-refractivity contribution in [1.82, 2.24) is 19.7 Å². The molecule has 3 aromatic heterocycles. The molecule has 2 N–H and O–H groups in total. The molecule has 7 nitrogen and oxygen atoms in total. The van der Waals surface area contributed by atoms with Crippen molar-refractivity contribution < 1.29 is 9.52 Å².